The van der Waals surface area contributed by atoms with Crippen LogP contribution >= 0.6 is 0 Å². The molecule has 0 fully saturated rings. The Morgan fingerprint density at radius 3 is 2.06 bits per heavy atom. The summed E-state index contributed by atoms with van der Waals surface area (Å²) < 4.78 is 25.5. The number of benzene rings is 1. The van der Waals surface area contributed by atoms with E-state index in [1.807, 2.05) is 6.07 Å². The first kappa shape index (κ1) is 14.8. The quantitative estimate of drug-likeness (QED) is 0.740. The highest BCUT2D eigenvalue weighted by atomic mass is 32.2. The number of methoxy groups -OCH3 is 1. The van der Waals surface area contributed by atoms with Gasteiger partial charge in [0.1, 0.15) is 0 Å². The Labute approximate surface area is 98.9 Å². The molecule has 0 atom stereocenters. The SMILES string of the molecule is COC(=O)c1ccccc1.NC(=O)N=S(=O)=O. The van der Waals surface area contributed by atoms with Crippen molar-refractivity contribution in [2.45, 2.75) is 0 Å². The van der Waals surface area contributed by atoms with Gasteiger partial charge < -0.3 is 10.5 Å². The number of nitrogens with zero attached hydrogens (tertiary/aromatic N) is 1. The molecule has 0 radical (unpaired) electrons. The fraction of sp³-hybridized carbons (Fsp3) is 0.111. The van der Waals surface area contributed by atoms with E-state index < -0.39 is 16.5 Å². The van der Waals surface area contributed by atoms with E-state index in [2.05, 4.69) is 14.8 Å². The summed E-state index contributed by atoms with van der Waals surface area (Å²) in [7, 11) is -1.32. The van der Waals surface area contributed by atoms with Crippen molar-refractivity contribution in [2.75, 3.05) is 7.11 Å². The van der Waals surface area contributed by atoms with E-state index >= 15 is 0 Å². The second-order valence-electron chi connectivity index (χ2n) is 2.50. The molecule has 0 saturated carbocycles. The number of carbonyl (C=O) groups is 2. The van der Waals surface area contributed by atoms with Crippen LogP contribution in [0.15, 0.2) is 34.7 Å². The molecule has 2 amide bonds. The van der Waals surface area contributed by atoms with Gasteiger partial charge in [-0.3, -0.25) is 0 Å². The maximum Gasteiger partial charge on any atom is 0.353 e. The first-order chi connectivity index (χ1) is 7.97. The molecule has 0 heterocycles. The van der Waals surface area contributed by atoms with Crippen LogP contribution in [0.4, 0.5) is 4.79 Å². The summed E-state index contributed by atoms with van der Waals surface area (Å²) in [6.07, 6.45) is 0. The first-order valence-electron chi connectivity index (χ1n) is 4.21. The molecule has 0 aliphatic rings. The third kappa shape index (κ3) is 7.68. The van der Waals surface area contributed by atoms with Crippen LogP contribution in [0.3, 0.4) is 0 Å². The predicted molar refractivity (Wildman–Crippen MR) is 58.7 cm³/mol. The molecular weight excluding hydrogens is 248 g/mol. The zero-order valence-corrected chi connectivity index (χ0v) is 9.68. The van der Waals surface area contributed by atoms with E-state index in [1.165, 1.54) is 7.11 Å². The van der Waals surface area contributed by atoms with Crippen LogP contribution in [-0.4, -0.2) is 27.5 Å². The van der Waals surface area contributed by atoms with E-state index in [-0.39, 0.29) is 5.97 Å². The van der Waals surface area contributed by atoms with Crippen LogP contribution in [0.25, 0.3) is 0 Å². The van der Waals surface area contributed by atoms with Gasteiger partial charge in [-0.2, -0.15) is 8.42 Å². The predicted octanol–water partition coefficient (Wildman–Crippen LogP) is 0.601. The molecule has 0 bridgehead atoms. The summed E-state index contributed by atoms with van der Waals surface area (Å²) in [6, 6.07) is 7.68. The third-order valence-electron chi connectivity index (χ3n) is 1.36. The lowest BCUT2D eigenvalue weighted by atomic mass is 10.2. The average Bonchev–Trinajstić information content (AvgIpc) is 2.28. The van der Waals surface area contributed by atoms with Gasteiger partial charge in [-0.25, -0.2) is 9.59 Å². The Hall–Kier alpha value is -2.22. The summed E-state index contributed by atoms with van der Waals surface area (Å²) in [5.41, 5.74) is 4.88. The molecule has 1 aromatic rings. The second-order valence-corrected chi connectivity index (χ2v) is 3.12. The van der Waals surface area contributed by atoms with Gasteiger partial charge in [0.25, 0.3) is 0 Å². The lowest BCUT2D eigenvalue weighted by Gasteiger charge is -1.95. The summed E-state index contributed by atoms with van der Waals surface area (Å²) in [4.78, 5) is 20.3. The zero-order chi connectivity index (χ0) is 13.3. The van der Waals surface area contributed by atoms with E-state index in [9.17, 15) is 18.0 Å². The van der Waals surface area contributed by atoms with Gasteiger partial charge in [0.05, 0.1) is 12.7 Å². The molecule has 92 valence electrons. The Balaban J connectivity index is 0.000000325. The Kier molecular flexibility index (Phi) is 6.95. The minimum atomic E-state index is -2.70. The number of amides is 2. The Morgan fingerprint density at radius 2 is 1.76 bits per heavy atom. The first-order valence-corrected chi connectivity index (χ1v) is 5.24. The van der Waals surface area contributed by atoms with Crippen LogP contribution in [0.5, 0.6) is 0 Å². The molecular formula is C9H10N2O5S. The second kappa shape index (κ2) is 7.99. The van der Waals surface area contributed by atoms with Crippen molar-refractivity contribution < 1.29 is 22.7 Å². The highest BCUT2D eigenvalue weighted by molar-refractivity contribution is 7.62. The van der Waals surface area contributed by atoms with Gasteiger partial charge in [-0.1, -0.05) is 22.6 Å². The maximum atomic E-state index is 10.8. The fourth-order valence-electron chi connectivity index (χ4n) is 0.766. The van der Waals surface area contributed by atoms with Gasteiger partial charge in [0, 0.05) is 0 Å². The standard InChI is InChI=1S/C8H8O2.CH2N2O3S/c1-10-8(9)7-5-3-2-4-6-7;2-1(4)3-7(5)6/h2-6H,1H3;(H2,2,4). The number of esters is 1. The van der Waals surface area contributed by atoms with Crippen molar-refractivity contribution in [1.29, 1.82) is 0 Å². The van der Waals surface area contributed by atoms with Crippen LogP contribution in [-0.2, 0) is 15.2 Å². The van der Waals surface area contributed by atoms with E-state index in [0.29, 0.717) is 5.56 Å². The van der Waals surface area contributed by atoms with Crippen LogP contribution < -0.4 is 5.73 Å². The number of rotatable bonds is 1. The molecule has 0 aromatic heterocycles. The maximum absolute atomic E-state index is 10.8. The van der Waals surface area contributed by atoms with Gasteiger partial charge in [-0.05, 0) is 12.1 Å². The third-order valence-corrected chi connectivity index (χ3v) is 1.69. The van der Waals surface area contributed by atoms with Crippen molar-refractivity contribution in [3.8, 4) is 0 Å². The molecule has 1 rings (SSSR count). The van der Waals surface area contributed by atoms with Crippen molar-refractivity contribution >= 4 is 22.5 Å². The van der Waals surface area contributed by atoms with Crippen molar-refractivity contribution in [3.05, 3.63) is 35.9 Å². The Morgan fingerprint density at radius 1 is 1.24 bits per heavy atom. The summed E-state index contributed by atoms with van der Waals surface area (Å²) in [6.45, 7) is 0. The largest absolute Gasteiger partial charge is 0.465 e. The molecule has 8 heteroatoms. The summed E-state index contributed by atoms with van der Waals surface area (Å²) in [5, 5.41) is 0. The average molecular weight is 258 g/mol. The fourth-order valence-corrected chi connectivity index (χ4v) is 0.912. The molecule has 0 saturated heterocycles. The molecule has 0 spiro atoms. The molecule has 1 aromatic carbocycles. The van der Waals surface area contributed by atoms with Crippen molar-refractivity contribution in [3.63, 3.8) is 0 Å². The number of hydrogen-bond acceptors (Lipinski definition) is 5. The number of primary amides is 1. The number of nitrogens with two attached hydrogens (primary N) is 1. The zero-order valence-electron chi connectivity index (χ0n) is 8.86. The normalized spacial score (nSPS) is 8.29. The summed E-state index contributed by atoms with van der Waals surface area (Å²) in [5.74, 6) is -0.291. The van der Waals surface area contributed by atoms with Gasteiger partial charge in [0.2, 0.25) is 0 Å². The molecule has 0 unspecified atom stereocenters. The molecule has 0 aliphatic heterocycles. The molecule has 2 N–H and O–H groups in total. The van der Waals surface area contributed by atoms with Gasteiger partial charge in [-0.15, -0.1) is 0 Å². The highest BCUT2D eigenvalue weighted by Crippen LogP contribution is 1.98. The van der Waals surface area contributed by atoms with E-state index in [4.69, 9.17) is 0 Å². The smallest absolute Gasteiger partial charge is 0.353 e. The molecule has 7 nitrogen and oxygen atoms in total. The number of hydrogen-bond donors (Lipinski definition) is 1. The van der Waals surface area contributed by atoms with Crippen molar-refractivity contribution in [2.24, 2.45) is 10.1 Å². The Bertz CT molecular complexity index is 501. The molecule has 17 heavy (non-hydrogen) atoms. The van der Waals surface area contributed by atoms with Crippen LogP contribution in [0.1, 0.15) is 10.4 Å². The van der Waals surface area contributed by atoms with E-state index in [0.717, 1.165) is 0 Å². The highest BCUT2D eigenvalue weighted by Gasteiger charge is 2.00. The minimum absolute atomic E-state index is 0.291. The van der Waals surface area contributed by atoms with Crippen molar-refractivity contribution in [1.82, 2.24) is 0 Å². The lowest BCUT2D eigenvalue weighted by Crippen LogP contribution is -2.02. The molecule has 0 aliphatic carbocycles. The number of carbonyl (C=O) groups excluding carboxylic acids is 2. The summed E-state index contributed by atoms with van der Waals surface area (Å²) >= 11 is 0. The lowest BCUT2D eigenvalue weighted by molar-refractivity contribution is 0.0600. The van der Waals surface area contributed by atoms with E-state index in [1.54, 1.807) is 24.3 Å². The van der Waals surface area contributed by atoms with Crippen LogP contribution in [0.2, 0.25) is 0 Å². The minimum Gasteiger partial charge on any atom is -0.465 e. The number of ether oxygens (including phenoxy) is 1. The van der Waals surface area contributed by atoms with Gasteiger partial charge >= 0.3 is 22.5 Å². The number of urea groups is 1. The topological polar surface area (TPSA) is 116 Å². The van der Waals surface area contributed by atoms with Crippen LogP contribution in [0, 0.1) is 0 Å². The monoisotopic (exact) mass is 258 g/mol. The van der Waals surface area contributed by atoms with Gasteiger partial charge in [0.15, 0.2) is 0 Å².